The maximum Gasteiger partial charge on any atom is 0.229 e. The predicted molar refractivity (Wildman–Crippen MR) is 80.4 cm³/mol. The standard InChI is InChI=1S/C13H11ClFN7/c14-11-7-18-13(21-10-5-19-20-6-10)22-12(11)17-3-8-1-9(15)4-16-2-8/h1-2,4-7H,3H2,(H,19,20)(H2,17,18,21,22). The molecule has 0 aliphatic rings. The van der Waals surface area contributed by atoms with Gasteiger partial charge >= 0.3 is 0 Å². The molecule has 112 valence electrons. The number of aromatic nitrogens is 5. The summed E-state index contributed by atoms with van der Waals surface area (Å²) < 4.78 is 13.1. The molecule has 0 fully saturated rings. The zero-order valence-corrected chi connectivity index (χ0v) is 12.0. The number of rotatable bonds is 5. The van der Waals surface area contributed by atoms with E-state index in [4.69, 9.17) is 11.6 Å². The molecule has 0 aliphatic carbocycles. The van der Waals surface area contributed by atoms with E-state index in [9.17, 15) is 4.39 Å². The summed E-state index contributed by atoms with van der Waals surface area (Å²) in [5.74, 6) is 0.410. The van der Waals surface area contributed by atoms with Crippen LogP contribution in [0.5, 0.6) is 0 Å². The molecule has 0 aliphatic heterocycles. The fourth-order valence-corrected chi connectivity index (χ4v) is 1.90. The highest BCUT2D eigenvalue weighted by Gasteiger charge is 2.06. The molecule has 0 bridgehead atoms. The lowest BCUT2D eigenvalue weighted by atomic mass is 10.3. The number of hydrogen-bond acceptors (Lipinski definition) is 6. The van der Waals surface area contributed by atoms with Gasteiger partial charge in [0, 0.05) is 18.9 Å². The van der Waals surface area contributed by atoms with Crippen molar-refractivity contribution in [3.63, 3.8) is 0 Å². The van der Waals surface area contributed by atoms with Gasteiger partial charge < -0.3 is 10.6 Å². The smallest absolute Gasteiger partial charge is 0.229 e. The number of anilines is 3. The zero-order chi connectivity index (χ0) is 15.4. The Bertz CT molecular complexity index is 763. The van der Waals surface area contributed by atoms with Gasteiger partial charge in [0.1, 0.15) is 10.8 Å². The van der Waals surface area contributed by atoms with Crippen molar-refractivity contribution < 1.29 is 4.39 Å². The number of aromatic amines is 1. The second-order valence-electron chi connectivity index (χ2n) is 4.37. The Morgan fingerprint density at radius 1 is 1.23 bits per heavy atom. The van der Waals surface area contributed by atoms with E-state index in [-0.39, 0.29) is 0 Å². The van der Waals surface area contributed by atoms with Crippen molar-refractivity contribution in [2.24, 2.45) is 0 Å². The number of nitrogens with zero attached hydrogens (tertiary/aromatic N) is 4. The fraction of sp³-hybridized carbons (Fsp3) is 0.0769. The molecule has 0 aromatic carbocycles. The fourth-order valence-electron chi connectivity index (χ4n) is 1.74. The van der Waals surface area contributed by atoms with Gasteiger partial charge in [-0.05, 0) is 11.6 Å². The summed E-state index contributed by atoms with van der Waals surface area (Å²) in [5.41, 5.74) is 1.40. The molecular weight excluding hydrogens is 309 g/mol. The molecule has 3 N–H and O–H groups in total. The SMILES string of the molecule is Fc1cncc(CNc2nc(Nc3cn[nH]c3)ncc2Cl)c1. The van der Waals surface area contributed by atoms with Gasteiger partial charge in [0.25, 0.3) is 0 Å². The molecule has 3 rings (SSSR count). The second-order valence-corrected chi connectivity index (χ2v) is 4.77. The van der Waals surface area contributed by atoms with Crippen molar-refractivity contribution in [3.8, 4) is 0 Å². The van der Waals surface area contributed by atoms with Gasteiger partial charge in [-0.25, -0.2) is 9.37 Å². The van der Waals surface area contributed by atoms with Crippen molar-refractivity contribution in [2.75, 3.05) is 10.6 Å². The Hall–Kier alpha value is -2.74. The van der Waals surface area contributed by atoms with Crippen LogP contribution in [0.1, 0.15) is 5.56 Å². The third-order valence-corrected chi connectivity index (χ3v) is 3.00. The van der Waals surface area contributed by atoms with Gasteiger partial charge in [-0.1, -0.05) is 11.6 Å². The van der Waals surface area contributed by atoms with Crippen LogP contribution in [0.4, 0.5) is 21.8 Å². The van der Waals surface area contributed by atoms with Crippen LogP contribution >= 0.6 is 11.6 Å². The molecule has 0 saturated heterocycles. The Labute approximate surface area is 130 Å². The zero-order valence-electron chi connectivity index (χ0n) is 11.2. The lowest BCUT2D eigenvalue weighted by Gasteiger charge is -2.09. The van der Waals surface area contributed by atoms with E-state index in [1.807, 2.05) is 0 Å². The van der Waals surface area contributed by atoms with E-state index in [1.54, 1.807) is 18.6 Å². The first-order valence-corrected chi connectivity index (χ1v) is 6.70. The van der Waals surface area contributed by atoms with Gasteiger partial charge in [0.2, 0.25) is 5.95 Å². The summed E-state index contributed by atoms with van der Waals surface area (Å²) in [4.78, 5) is 12.1. The number of H-pyrrole nitrogens is 1. The lowest BCUT2D eigenvalue weighted by Crippen LogP contribution is -2.05. The number of pyridine rings is 1. The molecule has 0 saturated carbocycles. The molecule has 3 heterocycles. The molecule has 0 atom stereocenters. The van der Waals surface area contributed by atoms with E-state index in [0.717, 1.165) is 11.9 Å². The molecule has 9 heteroatoms. The minimum absolute atomic E-state index is 0.340. The van der Waals surface area contributed by atoms with Crippen molar-refractivity contribution >= 4 is 29.1 Å². The van der Waals surface area contributed by atoms with E-state index < -0.39 is 5.82 Å². The van der Waals surface area contributed by atoms with Gasteiger partial charge in [-0.15, -0.1) is 0 Å². The van der Waals surface area contributed by atoms with Crippen molar-refractivity contribution in [2.45, 2.75) is 6.54 Å². The Kier molecular flexibility index (Phi) is 4.10. The van der Waals surface area contributed by atoms with Crippen LogP contribution in [0.15, 0.2) is 37.1 Å². The molecule has 22 heavy (non-hydrogen) atoms. The largest absolute Gasteiger partial charge is 0.365 e. The Balaban J connectivity index is 1.72. The first-order valence-electron chi connectivity index (χ1n) is 6.32. The first-order chi connectivity index (χ1) is 10.7. The van der Waals surface area contributed by atoms with E-state index >= 15 is 0 Å². The van der Waals surface area contributed by atoms with Crippen LogP contribution in [0.3, 0.4) is 0 Å². The van der Waals surface area contributed by atoms with Gasteiger partial charge in [-0.2, -0.15) is 10.1 Å². The predicted octanol–water partition coefficient (Wildman–Crippen LogP) is 2.74. The Morgan fingerprint density at radius 3 is 2.91 bits per heavy atom. The van der Waals surface area contributed by atoms with Crippen LogP contribution in [0.2, 0.25) is 5.02 Å². The third kappa shape index (κ3) is 3.47. The van der Waals surface area contributed by atoms with Crippen LogP contribution in [0, 0.1) is 5.82 Å². The quantitative estimate of drug-likeness (QED) is 0.670. The first kappa shape index (κ1) is 14.2. The van der Waals surface area contributed by atoms with Gasteiger partial charge in [0.15, 0.2) is 5.82 Å². The molecule has 7 nitrogen and oxygen atoms in total. The number of hydrogen-bond donors (Lipinski definition) is 3. The topological polar surface area (TPSA) is 91.4 Å². The van der Waals surface area contributed by atoms with Crippen LogP contribution in [-0.2, 0) is 6.54 Å². The lowest BCUT2D eigenvalue weighted by molar-refractivity contribution is 0.619. The summed E-state index contributed by atoms with van der Waals surface area (Å²) in [5, 5.41) is 12.8. The van der Waals surface area contributed by atoms with Crippen molar-refractivity contribution in [1.82, 2.24) is 25.1 Å². The molecule has 3 aromatic heterocycles. The van der Waals surface area contributed by atoms with Crippen molar-refractivity contribution in [1.29, 1.82) is 0 Å². The maximum absolute atomic E-state index is 13.1. The van der Waals surface area contributed by atoms with Gasteiger partial charge in [0.05, 0.1) is 24.3 Å². The van der Waals surface area contributed by atoms with E-state index in [1.165, 1.54) is 12.3 Å². The van der Waals surface area contributed by atoms with Crippen molar-refractivity contribution in [3.05, 3.63) is 53.5 Å². The molecule has 0 spiro atoms. The minimum Gasteiger partial charge on any atom is -0.365 e. The highest BCUT2D eigenvalue weighted by molar-refractivity contribution is 6.32. The molecule has 3 aromatic rings. The highest BCUT2D eigenvalue weighted by atomic mass is 35.5. The van der Waals surface area contributed by atoms with Crippen LogP contribution in [-0.4, -0.2) is 25.1 Å². The average molecular weight is 320 g/mol. The molecular formula is C13H11ClFN7. The third-order valence-electron chi connectivity index (χ3n) is 2.72. The molecule has 0 unspecified atom stereocenters. The number of nitrogens with one attached hydrogen (secondary N) is 3. The Morgan fingerprint density at radius 2 is 2.14 bits per heavy atom. The molecule has 0 radical (unpaired) electrons. The van der Waals surface area contributed by atoms with Crippen LogP contribution in [0.25, 0.3) is 0 Å². The summed E-state index contributed by atoms with van der Waals surface area (Å²) in [6.07, 6.45) is 7.46. The monoisotopic (exact) mass is 319 g/mol. The molecule has 0 amide bonds. The summed E-state index contributed by atoms with van der Waals surface area (Å²) in [7, 11) is 0. The summed E-state index contributed by atoms with van der Waals surface area (Å²) in [6.45, 7) is 0.340. The van der Waals surface area contributed by atoms with Gasteiger partial charge in [-0.3, -0.25) is 10.1 Å². The van der Waals surface area contributed by atoms with Crippen LogP contribution < -0.4 is 10.6 Å². The summed E-state index contributed by atoms with van der Waals surface area (Å²) in [6, 6.07) is 1.39. The minimum atomic E-state index is -0.393. The average Bonchev–Trinajstić information content (AvgIpc) is 3.01. The number of halogens is 2. The summed E-state index contributed by atoms with van der Waals surface area (Å²) >= 11 is 6.05. The maximum atomic E-state index is 13.1. The normalized spacial score (nSPS) is 10.5. The van der Waals surface area contributed by atoms with E-state index in [2.05, 4.69) is 35.8 Å². The highest BCUT2D eigenvalue weighted by Crippen LogP contribution is 2.21. The van der Waals surface area contributed by atoms with E-state index in [0.29, 0.717) is 28.9 Å². The second kappa shape index (κ2) is 6.35.